The van der Waals surface area contributed by atoms with E-state index < -0.39 is 0 Å². The van der Waals surface area contributed by atoms with Crippen molar-refractivity contribution in [2.24, 2.45) is 7.05 Å². The maximum atomic E-state index is 12.7. The number of fused-ring (bicyclic) bond motifs is 1. The highest BCUT2D eigenvalue weighted by Crippen LogP contribution is 2.23. The molecule has 7 nitrogen and oxygen atoms in total. The van der Waals surface area contributed by atoms with E-state index in [1.165, 1.54) is 4.57 Å². The van der Waals surface area contributed by atoms with Gasteiger partial charge in [0.05, 0.1) is 12.6 Å². The molecule has 0 aliphatic carbocycles. The zero-order valence-corrected chi connectivity index (χ0v) is 16.2. The number of aryl methyl sites for hydroxylation is 1. The third-order valence-electron chi connectivity index (χ3n) is 4.57. The molecule has 0 aliphatic rings. The molecule has 29 heavy (non-hydrogen) atoms. The van der Waals surface area contributed by atoms with E-state index in [-0.39, 0.29) is 5.56 Å². The van der Waals surface area contributed by atoms with E-state index in [1.54, 1.807) is 20.4 Å². The Kier molecular flexibility index (Phi) is 5.11. The summed E-state index contributed by atoms with van der Waals surface area (Å²) < 4.78 is 6.71. The number of anilines is 3. The van der Waals surface area contributed by atoms with Gasteiger partial charge in [-0.05, 0) is 35.9 Å². The second-order valence-corrected chi connectivity index (χ2v) is 6.58. The van der Waals surface area contributed by atoms with E-state index in [1.807, 2.05) is 60.7 Å². The minimum atomic E-state index is -0.150. The van der Waals surface area contributed by atoms with E-state index in [0.29, 0.717) is 29.2 Å². The van der Waals surface area contributed by atoms with Gasteiger partial charge in [0.25, 0.3) is 5.56 Å². The van der Waals surface area contributed by atoms with E-state index >= 15 is 0 Å². The van der Waals surface area contributed by atoms with Gasteiger partial charge >= 0.3 is 0 Å². The zero-order valence-electron chi connectivity index (χ0n) is 16.2. The Hall–Kier alpha value is -3.87. The molecule has 2 aromatic heterocycles. The van der Waals surface area contributed by atoms with Gasteiger partial charge in [-0.1, -0.05) is 30.3 Å². The van der Waals surface area contributed by atoms with E-state index in [0.717, 1.165) is 17.0 Å². The number of para-hydroxylation sites is 1. The van der Waals surface area contributed by atoms with Crippen molar-refractivity contribution in [2.75, 3.05) is 17.7 Å². The lowest BCUT2D eigenvalue weighted by Gasteiger charge is -2.12. The first-order valence-electron chi connectivity index (χ1n) is 9.20. The summed E-state index contributed by atoms with van der Waals surface area (Å²) in [4.78, 5) is 21.8. The van der Waals surface area contributed by atoms with Gasteiger partial charge in [0, 0.05) is 25.5 Å². The van der Waals surface area contributed by atoms with Gasteiger partial charge in [-0.15, -0.1) is 0 Å². The van der Waals surface area contributed by atoms with Crippen molar-refractivity contribution >= 4 is 28.4 Å². The summed E-state index contributed by atoms with van der Waals surface area (Å²) in [5, 5.41) is 6.94. The van der Waals surface area contributed by atoms with Crippen molar-refractivity contribution < 1.29 is 4.74 Å². The van der Waals surface area contributed by atoms with Crippen molar-refractivity contribution in [1.29, 1.82) is 0 Å². The Balaban J connectivity index is 1.69. The van der Waals surface area contributed by atoms with Crippen LogP contribution in [0.15, 0.2) is 71.7 Å². The van der Waals surface area contributed by atoms with Crippen LogP contribution in [0, 0.1) is 0 Å². The van der Waals surface area contributed by atoms with Crippen LogP contribution in [0.2, 0.25) is 0 Å². The quantitative estimate of drug-likeness (QED) is 0.525. The Morgan fingerprint density at radius 3 is 2.48 bits per heavy atom. The Labute approximate surface area is 168 Å². The highest BCUT2D eigenvalue weighted by molar-refractivity contribution is 5.90. The number of pyridine rings is 1. The molecule has 2 aromatic carbocycles. The summed E-state index contributed by atoms with van der Waals surface area (Å²) in [5.41, 5.74) is 2.34. The number of nitrogens with zero attached hydrogens (tertiary/aromatic N) is 3. The maximum Gasteiger partial charge on any atom is 0.263 e. The van der Waals surface area contributed by atoms with Gasteiger partial charge in [0.1, 0.15) is 17.0 Å². The number of benzene rings is 2. The van der Waals surface area contributed by atoms with Crippen molar-refractivity contribution in [3.8, 4) is 5.75 Å². The van der Waals surface area contributed by atoms with E-state index in [2.05, 4.69) is 20.6 Å². The van der Waals surface area contributed by atoms with Gasteiger partial charge in [-0.25, -0.2) is 4.98 Å². The van der Waals surface area contributed by atoms with Gasteiger partial charge in [0.2, 0.25) is 5.95 Å². The molecule has 0 bridgehead atoms. The van der Waals surface area contributed by atoms with Crippen LogP contribution in [0.3, 0.4) is 0 Å². The number of rotatable bonds is 6. The minimum Gasteiger partial charge on any atom is -0.497 e. The molecular formula is C22H21N5O2. The molecule has 0 fully saturated rings. The SMILES string of the molecule is COc1ccc(CNc2nc(Nc3ccccc3)c3c(=O)n(C)ccc3n2)cc1. The molecule has 2 heterocycles. The van der Waals surface area contributed by atoms with Gasteiger partial charge in [-0.3, -0.25) is 4.79 Å². The lowest BCUT2D eigenvalue weighted by Crippen LogP contribution is -2.18. The lowest BCUT2D eigenvalue weighted by atomic mass is 10.2. The van der Waals surface area contributed by atoms with Crippen molar-refractivity contribution in [3.63, 3.8) is 0 Å². The number of aromatic nitrogens is 3. The number of nitrogens with one attached hydrogen (secondary N) is 2. The maximum absolute atomic E-state index is 12.7. The number of methoxy groups -OCH3 is 1. The average Bonchev–Trinajstić information content (AvgIpc) is 2.76. The minimum absolute atomic E-state index is 0.150. The Morgan fingerprint density at radius 2 is 1.76 bits per heavy atom. The number of hydrogen-bond donors (Lipinski definition) is 2. The molecule has 0 atom stereocenters. The first-order chi connectivity index (χ1) is 14.1. The van der Waals surface area contributed by atoms with Crippen molar-refractivity contribution in [2.45, 2.75) is 6.54 Å². The highest BCUT2D eigenvalue weighted by atomic mass is 16.5. The first-order valence-corrected chi connectivity index (χ1v) is 9.20. The van der Waals surface area contributed by atoms with Crippen molar-refractivity contribution in [1.82, 2.24) is 14.5 Å². The van der Waals surface area contributed by atoms with Crippen LogP contribution < -0.4 is 20.9 Å². The molecule has 7 heteroatoms. The summed E-state index contributed by atoms with van der Waals surface area (Å²) in [6, 6.07) is 19.2. The van der Waals surface area contributed by atoms with Crippen molar-refractivity contribution in [3.05, 3.63) is 82.8 Å². The van der Waals surface area contributed by atoms with E-state index in [4.69, 9.17) is 4.74 Å². The standard InChI is InChI=1S/C22H21N5O2/c1-27-13-12-18-19(21(27)28)20(24-16-6-4-3-5-7-16)26-22(25-18)23-14-15-8-10-17(29-2)11-9-15/h3-13H,14H2,1-2H3,(H2,23,24,25,26). The molecule has 0 saturated heterocycles. The summed E-state index contributed by atoms with van der Waals surface area (Å²) >= 11 is 0. The predicted molar refractivity (Wildman–Crippen MR) is 115 cm³/mol. The molecule has 2 N–H and O–H groups in total. The summed E-state index contributed by atoms with van der Waals surface area (Å²) in [6.45, 7) is 0.547. The molecule has 0 aliphatic heterocycles. The fourth-order valence-corrected chi connectivity index (χ4v) is 2.99. The fourth-order valence-electron chi connectivity index (χ4n) is 2.99. The summed E-state index contributed by atoms with van der Waals surface area (Å²) in [7, 11) is 3.35. The molecule has 0 amide bonds. The number of hydrogen-bond acceptors (Lipinski definition) is 6. The zero-order chi connectivity index (χ0) is 20.2. The highest BCUT2D eigenvalue weighted by Gasteiger charge is 2.13. The van der Waals surface area contributed by atoms with Crippen LogP contribution in [0.1, 0.15) is 5.56 Å². The Bertz CT molecular complexity index is 1190. The predicted octanol–water partition coefficient (Wildman–Crippen LogP) is 3.69. The van der Waals surface area contributed by atoms with Gasteiger partial charge in [0.15, 0.2) is 0 Å². The molecule has 0 spiro atoms. The summed E-state index contributed by atoms with van der Waals surface area (Å²) in [5.74, 6) is 1.72. The second-order valence-electron chi connectivity index (χ2n) is 6.58. The molecule has 4 aromatic rings. The lowest BCUT2D eigenvalue weighted by molar-refractivity contribution is 0.414. The van der Waals surface area contributed by atoms with Crippen LogP contribution in [0.5, 0.6) is 5.75 Å². The number of ether oxygens (including phenoxy) is 1. The first kappa shape index (κ1) is 18.5. The van der Waals surface area contributed by atoms with Crippen LogP contribution in [0.4, 0.5) is 17.5 Å². The van der Waals surface area contributed by atoms with Crippen LogP contribution in [-0.2, 0) is 13.6 Å². The molecule has 0 radical (unpaired) electrons. The Morgan fingerprint density at radius 1 is 1.00 bits per heavy atom. The monoisotopic (exact) mass is 387 g/mol. The smallest absolute Gasteiger partial charge is 0.263 e. The third-order valence-corrected chi connectivity index (χ3v) is 4.57. The van der Waals surface area contributed by atoms with Gasteiger partial charge in [-0.2, -0.15) is 4.98 Å². The second kappa shape index (κ2) is 8.02. The third kappa shape index (κ3) is 4.03. The van der Waals surface area contributed by atoms with Gasteiger partial charge < -0.3 is 19.9 Å². The molecular weight excluding hydrogens is 366 g/mol. The van der Waals surface area contributed by atoms with Crippen LogP contribution in [-0.4, -0.2) is 21.6 Å². The normalized spacial score (nSPS) is 10.7. The summed E-state index contributed by atoms with van der Waals surface area (Å²) in [6.07, 6.45) is 1.71. The largest absolute Gasteiger partial charge is 0.497 e. The fraction of sp³-hybridized carbons (Fsp3) is 0.136. The van der Waals surface area contributed by atoms with E-state index in [9.17, 15) is 4.79 Å². The average molecular weight is 387 g/mol. The topological polar surface area (TPSA) is 81.1 Å². The molecule has 0 unspecified atom stereocenters. The molecule has 0 saturated carbocycles. The van der Waals surface area contributed by atoms with Crippen LogP contribution in [0.25, 0.3) is 10.9 Å². The molecule has 146 valence electrons. The van der Waals surface area contributed by atoms with Crippen LogP contribution >= 0.6 is 0 Å². The molecule has 4 rings (SSSR count).